The van der Waals surface area contributed by atoms with Crippen LogP contribution in [0.3, 0.4) is 0 Å². The largest absolute Gasteiger partial charge is 0.354 e. The molecule has 1 aromatic carbocycles. The number of pyridine rings is 1. The summed E-state index contributed by atoms with van der Waals surface area (Å²) in [5.74, 6) is 0.888. The number of nitrogens with one attached hydrogen (secondary N) is 2. The highest BCUT2D eigenvalue weighted by atomic mass is 15.1. The van der Waals surface area contributed by atoms with Crippen molar-refractivity contribution in [1.29, 1.82) is 0 Å². The van der Waals surface area contributed by atoms with Gasteiger partial charge >= 0.3 is 0 Å². The predicted molar refractivity (Wildman–Crippen MR) is 105 cm³/mol. The third-order valence-corrected chi connectivity index (χ3v) is 5.67. The maximum Gasteiger partial charge on any atom is 0.158 e. The van der Waals surface area contributed by atoms with E-state index in [0.29, 0.717) is 0 Å². The second-order valence-corrected chi connectivity index (χ2v) is 7.44. The van der Waals surface area contributed by atoms with Crippen molar-refractivity contribution < 1.29 is 0 Å². The van der Waals surface area contributed by atoms with E-state index in [-0.39, 0.29) is 0 Å². The van der Waals surface area contributed by atoms with Gasteiger partial charge in [-0.2, -0.15) is 0 Å². The molecule has 1 fully saturated rings. The number of H-pyrrole nitrogens is 2. The van der Waals surface area contributed by atoms with Gasteiger partial charge in [0.1, 0.15) is 11.3 Å². The molecule has 0 amide bonds. The Balaban J connectivity index is 1.58. The van der Waals surface area contributed by atoms with Crippen LogP contribution < -0.4 is 0 Å². The van der Waals surface area contributed by atoms with E-state index < -0.39 is 0 Å². The van der Waals surface area contributed by atoms with Crippen molar-refractivity contribution in [2.75, 3.05) is 7.05 Å². The SMILES string of the molecule is Cc1nc2c(-c3cc4c(CN(C)C5CCC5)cccc4[nH]3)ccnc2[nH]1. The van der Waals surface area contributed by atoms with E-state index in [4.69, 9.17) is 0 Å². The maximum absolute atomic E-state index is 4.63. The van der Waals surface area contributed by atoms with Crippen molar-refractivity contribution in [2.24, 2.45) is 0 Å². The average Bonchev–Trinajstić information content (AvgIpc) is 3.15. The molecule has 3 heterocycles. The Kier molecular flexibility index (Phi) is 3.57. The van der Waals surface area contributed by atoms with E-state index >= 15 is 0 Å². The first-order chi connectivity index (χ1) is 12.7. The van der Waals surface area contributed by atoms with Gasteiger partial charge in [0.2, 0.25) is 0 Å². The number of fused-ring (bicyclic) bond motifs is 2. The lowest BCUT2D eigenvalue weighted by molar-refractivity contribution is 0.153. The number of imidazole rings is 1. The van der Waals surface area contributed by atoms with Crippen LogP contribution >= 0.6 is 0 Å². The number of nitrogens with zero attached hydrogens (tertiary/aromatic N) is 3. The molecule has 0 aliphatic heterocycles. The summed E-state index contributed by atoms with van der Waals surface area (Å²) >= 11 is 0. The molecule has 0 unspecified atom stereocenters. The molecule has 3 aromatic heterocycles. The van der Waals surface area contributed by atoms with Gasteiger partial charge in [0, 0.05) is 40.9 Å². The van der Waals surface area contributed by atoms with Gasteiger partial charge in [0.05, 0.1) is 0 Å². The van der Waals surface area contributed by atoms with E-state index in [0.717, 1.165) is 40.8 Å². The zero-order valence-electron chi connectivity index (χ0n) is 15.2. The number of aromatic amines is 2. The number of benzene rings is 1. The molecule has 1 aliphatic carbocycles. The Hall–Kier alpha value is -2.66. The first-order valence-corrected chi connectivity index (χ1v) is 9.31. The van der Waals surface area contributed by atoms with E-state index in [1.165, 1.54) is 35.7 Å². The zero-order valence-corrected chi connectivity index (χ0v) is 15.2. The van der Waals surface area contributed by atoms with Crippen molar-refractivity contribution in [2.45, 2.75) is 38.8 Å². The summed E-state index contributed by atoms with van der Waals surface area (Å²) in [4.78, 5) is 18.3. The van der Waals surface area contributed by atoms with Gasteiger partial charge in [0.25, 0.3) is 0 Å². The molecular formula is C21H23N5. The van der Waals surface area contributed by atoms with Gasteiger partial charge in [0.15, 0.2) is 5.65 Å². The third kappa shape index (κ3) is 2.51. The highest BCUT2D eigenvalue weighted by Gasteiger charge is 2.22. The van der Waals surface area contributed by atoms with Gasteiger partial charge in [-0.05, 0) is 50.6 Å². The Morgan fingerprint density at radius 2 is 2.08 bits per heavy atom. The molecule has 4 aromatic rings. The normalized spacial score (nSPS) is 15.2. The standard InChI is InChI=1S/C21H23N5/c1-13-23-20-16(9-10-22-21(20)24-13)19-11-17-14(5-3-8-18(17)25-19)12-26(2)15-6-4-7-15/h3,5,8-11,15,25H,4,6-7,12H2,1-2H3,(H,22,23,24). The summed E-state index contributed by atoms with van der Waals surface area (Å²) in [6, 6.07) is 11.6. The van der Waals surface area contributed by atoms with Crippen LogP contribution in [0.4, 0.5) is 0 Å². The number of rotatable bonds is 4. The molecule has 0 bridgehead atoms. The highest BCUT2D eigenvalue weighted by Crippen LogP contribution is 2.31. The van der Waals surface area contributed by atoms with Crippen molar-refractivity contribution in [3.8, 4) is 11.3 Å². The van der Waals surface area contributed by atoms with E-state index in [9.17, 15) is 0 Å². The number of aromatic nitrogens is 4. The van der Waals surface area contributed by atoms with Crippen LogP contribution in [-0.4, -0.2) is 37.9 Å². The molecule has 2 N–H and O–H groups in total. The van der Waals surface area contributed by atoms with Crippen LogP contribution in [-0.2, 0) is 6.54 Å². The van der Waals surface area contributed by atoms with Gasteiger partial charge in [-0.3, -0.25) is 4.90 Å². The average molecular weight is 345 g/mol. The zero-order chi connectivity index (χ0) is 17.7. The molecule has 5 rings (SSSR count). The molecule has 5 nitrogen and oxygen atoms in total. The molecule has 0 spiro atoms. The predicted octanol–water partition coefficient (Wildman–Crippen LogP) is 4.40. The molecule has 26 heavy (non-hydrogen) atoms. The summed E-state index contributed by atoms with van der Waals surface area (Å²) in [5, 5.41) is 1.30. The van der Waals surface area contributed by atoms with Crippen LogP contribution in [0.15, 0.2) is 36.5 Å². The lowest BCUT2D eigenvalue weighted by Gasteiger charge is -2.34. The molecular weight excluding hydrogens is 322 g/mol. The minimum atomic E-state index is 0.746. The minimum absolute atomic E-state index is 0.746. The van der Waals surface area contributed by atoms with Gasteiger partial charge < -0.3 is 9.97 Å². The van der Waals surface area contributed by atoms with Gasteiger partial charge in [-0.1, -0.05) is 18.6 Å². The quantitative estimate of drug-likeness (QED) is 0.576. The Morgan fingerprint density at radius 3 is 2.88 bits per heavy atom. The fraction of sp³-hybridized carbons (Fsp3) is 0.333. The highest BCUT2D eigenvalue weighted by molar-refractivity contribution is 5.94. The molecule has 1 aliphatic rings. The number of hydrogen-bond acceptors (Lipinski definition) is 3. The van der Waals surface area contributed by atoms with Crippen molar-refractivity contribution in [3.05, 3.63) is 47.9 Å². The molecule has 1 saturated carbocycles. The molecule has 0 atom stereocenters. The van der Waals surface area contributed by atoms with E-state index in [1.807, 2.05) is 19.2 Å². The number of aryl methyl sites for hydroxylation is 1. The van der Waals surface area contributed by atoms with Crippen LogP contribution in [0.25, 0.3) is 33.3 Å². The molecule has 0 radical (unpaired) electrons. The smallest absolute Gasteiger partial charge is 0.158 e. The maximum atomic E-state index is 4.63. The topological polar surface area (TPSA) is 60.6 Å². The molecule has 0 saturated heterocycles. The fourth-order valence-corrected chi connectivity index (χ4v) is 3.97. The summed E-state index contributed by atoms with van der Waals surface area (Å²) in [6.45, 7) is 2.96. The molecule has 5 heteroatoms. The van der Waals surface area contributed by atoms with Crippen LogP contribution in [0.1, 0.15) is 30.7 Å². The van der Waals surface area contributed by atoms with Crippen LogP contribution in [0.2, 0.25) is 0 Å². The third-order valence-electron chi connectivity index (χ3n) is 5.67. The summed E-state index contributed by atoms with van der Waals surface area (Å²) in [5.41, 5.74) is 6.50. The first kappa shape index (κ1) is 15.6. The van der Waals surface area contributed by atoms with Crippen LogP contribution in [0.5, 0.6) is 0 Å². The summed E-state index contributed by atoms with van der Waals surface area (Å²) in [7, 11) is 2.25. The molecule has 132 valence electrons. The lowest BCUT2D eigenvalue weighted by Crippen LogP contribution is -2.36. The van der Waals surface area contributed by atoms with Gasteiger partial charge in [-0.15, -0.1) is 0 Å². The Morgan fingerprint density at radius 1 is 1.19 bits per heavy atom. The Labute approximate surface area is 152 Å². The Bertz CT molecular complexity index is 1090. The number of hydrogen-bond donors (Lipinski definition) is 2. The van der Waals surface area contributed by atoms with Crippen molar-refractivity contribution >= 4 is 22.1 Å². The van der Waals surface area contributed by atoms with E-state index in [1.54, 1.807) is 0 Å². The van der Waals surface area contributed by atoms with Crippen molar-refractivity contribution in [3.63, 3.8) is 0 Å². The van der Waals surface area contributed by atoms with Crippen LogP contribution in [0, 0.1) is 6.92 Å². The second-order valence-electron chi connectivity index (χ2n) is 7.44. The second kappa shape index (κ2) is 5.95. The van der Waals surface area contributed by atoms with E-state index in [2.05, 4.69) is 56.1 Å². The van der Waals surface area contributed by atoms with Gasteiger partial charge in [-0.25, -0.2) is 9.97 Å². The lowest BCUT2D eigenvalue weighted by atomic mass is 9.91. The fourth-order valence-electron chi connectivity index (χ4n) is 3.97. The minimum Gasteiger partial charge on any atom is -0.354 e. The summed E-state index contributed by atoms with van der Waals surface area (Å²) in [6.07, 6.45) is 5.87. The van der Waals surface area contributed by atoms with Crippen molar-refractivity contribution in [1.82, 2.24) is 24.8 Å². The first-order valence-electron chi connectivity index (χ1n) is 9.31. The monoisotopic (exact) mass is 345 g/mol. The summed E-state index contributed by atoms with van der Waals surface area (Å²) < 4.78 is 0.